The molecule has 5 N–H and O–H groups in total. The monoisotopic (exact) mass is 489 g/mol. The summed E-state index contributed by atoms with van der Waals surface area (Å²) in [5.41, 5.74) is 0. The van der Waals surface area contributed by atoms with E-state index in [1.807, 2.05) is 9.80 Å². The largest absolute Gasteiger partial charge is 0.463 e. The van der Waals surface area contributed by atoms with Gasteiger partial charge in [-0.15, -0.1) is 0 Å². The zero-order valence-electron chi connectivity index (χ0n) is 21.4. The van der Waals surface area contributed by atoms with Gasteiger partial charge in [-0.05, 0) is 79.3 Å². The molecule has 1 aliphatic rings. The molecule has 10 nitrogen and oxygen atoms in total. The van der Waals surface area contributed by atoms with E-state index in [0.29, 0.717) is 58.5 Å². The van der Waals surface area contributed by atoms with Gasteiger partial charge in [0.05, 0.1) is 24.4 Å². The standard InChI is InChI=1S/C24H47N3O7/c1-17(28)13-26(14-18(2)29)11-7-5-9-21-23(25)33-22(24(32)34-21)10-6-8-12-27(15-19(3)30)16-20(4)31/h17-22,25,28-31H,5-16H2,1-4H3/t17-,18-,19-,20?,21?,22?/m1/s1. The van der Waals surface area contributed by atoms with Gasteiger partial charge in [-0.3, -0.25) is 15.2 Å². The maximum atomic E-state index is 12.4. The van der Waals surface area contributed by atoms with Gasteiger partial charge in [0.15, 0.2) is 12.2 Å². The molecule has 200 valence electrons. The van der Waals surface area contributed by atoms with Crippen molar-refractivity contribution in [2.45, 2.75) is 103 Å². The van der Waals surface area contributed by atoms with E-state index in [4.69, 9.17) is 14.9 Å². The van der Waals surface area contributed by atoms with Crippen LogP contribution in [0.1, 0.15) is 66.2 Å². The van der Waals surface area contributed by atoms with E-state index < -0.39 is 42.6 Å². The first kappa shape index (κ1) is 30.7. The summed E-state index contributed by atoms with van der Waals surface area (Å²) in [6.45, 7) is 10.2. The van der Waals surface area contributed by atoms with Crippen LogP contribution in [0.4, 0.5) is 0 Å². The first-order chi connectivity index (χ1) is 16.0. The number of aliphatic hydroxyl groups is 4. The molecule has 10 heteroatoms. The number of nitrogens with one attached hydrogen (secondary N) is 1. The number of esters is 1. The average molecular weight is 490 g/mol. The maximum absolute atomic E-state index is 12.4. The second-order valence-corrected chi connectivity index (χ2v) is 9.80. The Morgan fingerprint density at radius 2 is 1.09 bits per heavy atom. The summed E-state index contributed by atoms with van der Waals surface area (Å²) in [5, 5.41) is 46.6. The van der Waals surface area contributed by atoms with Crippen LogP contribution in [0, 0.1) is 5.41 Å². The third-order valence-electron chi connectivity index (χ3n) is 5.55. The molecule has 3 unspecified atom stereocenters. The highest BCUT2D eigenvalue weighted by Crippen LogP contribution is 2.20. The van der Waals surface area contributed by atoms with Crippen molar-refractivity contribution in [1.29, 1.82) is 5.41 Å². The van der Waals surface area contributed by atoms with Crippen LogP contribution in [-0.4, -0.2) is 118 Å². The van der Waals surface area contributed by atoms with Crippen LogP contribution < -0.4 is 0 Å². The van der Waals surface area contributed by atoms with Crippen molar-refractivity contribution in [3.05, 3.63) is 0 Å². The topological polar surface area (TPSA) is 147 Å². The fourth-order valence-corrected chi connectivity index (χ4v) is 4.25. The Morgan fingerprint density at radius 3 is 1.47 bits per heavy atom. The quantitative estimate of drug-likeness (QED) is 0.139. The molecule has 1 rings (SSSR count). The smallest absolute Gasteiger partial charge is 0.348 e. The lowest BCUT2D eigenvalue weighted by Gasteiger charge is -2.30. The number of aliphatic hydroxyl groups excluding tert-OH is 4. The number of unbranched alkanes of at least 4 members (excludes halogenated alkanes) is 2. The molecule has 34 heavy (non-hydrogen) atoms. The normalized spacial score (nSPS) is 22.4. The number of rotatable bonds is 18. The molecule has 6 atom stereocenters. The van der Waals surface area contributed by atoms with Crippen molar-refractivity contribution >= 4 is 11.9 Å². The number of hydrogen-bond acceptors (Lipinski definition) is 10. The van der Waals surface area contributed by atoms with Gasteiger partial charge in [-0.1, -0.05) is 0 Å². The van der Waals surface area contributed by atoms with Gasteiger partial charge in [0.2, 0.25) is 5.90 Å². The van der Waals surface area contributed by atoms with Crippen LogP contribution in [0.2, 0.25) is 0 Å². The van der Waals surface area contributed by atoms with Gasteiger partial charge >= 0.3 is 5.97 Å². The SMILES string of the molecule is CC(O)CN(CCCCC1OC(=N)C(CCCCN(C[C@@H](C)O)C[C@@H](C)O)OC1=O)C[C@@H](C)O. The van der Waals surface area contributed by atoms with E-state index in [2.05, 4.69) is 0 Å². The molecule has 0 aliphatic carbocycles. The Labute approximate surface area is 204 Å². The zero-order chi connectivity index (χ0) is 25.7. The minimum absolute atomic E-state index is 0.0146. The molecule has 0 spiro atoms. The Balaban J connectivity index is 2.34. The van der Waals surface area contributed by atoms with Crippen LogP contribution in [-0.2, 0) is 14.3 Å². The van der Waals surface area contributed by atoms with E-state index in [1.54, 1.807) is 27.7 Å². The highest BCUT2D eigenvalue weighted by Gasteiger charge is 2.35. The summed E-state index contributed by atoms with van der Waals surface area (Å²) in [4.78, 5) is 16.4. The molecule has 0 radical (unpaired) electrons. The van der Waals surface area contributed by atoms with Gasteiger partial charge in [0, 0.05) is 26.2 Å². The summed E-state index contributed by atoms with van der Waals surface area (Å²) in [6.07, 6.45) is 0.617. The third kappa shape index (κ3) is 13.6. The van der Waals surface area contributed by atoms with Gasteiger partial charge in [0.25, 0.3) is 0 Å². The molecule has 1 fully saturated rings. The summed E-state index contributed by atoms with van der Waals surface area (Å²) in [7, 11) is 0. The second kappa shape index (κ2) is 16.4. The molecule has 0 bridgehead atoms. The van der Waals surface area contributed by atoms with E-state index in [0.717, 1.165) is 19.3 Å². The minimum atomic E-state index is -0.765. The first-order valence-corrected chi connectivity index (χ1v) is 12.6. The summed E-state index contributed by atoms with van der Waals surface area (Å²) >= 11 is 0. The number of hydrogen-bond donors (Lipinski definition) is 5. The van der Waals surface area contributed by atoms with Gasteiger partial charge in [-0.25, -0.2) is 4.79 Å². The molecule has 0 aromatic heterocycles. The van der Waals surface area contributed by atoms with Crippen LogP contribution in [0.15, 0.2) is 0 Å². The molecule has 0 amide bonds. The lowest BCUT2D eigenvalue weighted by molar-refractivity contribution is -0.163. The summed E-state index contributed by atoms with van der Waals surface area (Å²) in [6, 6.07) is 0. The van der Waals surface area contributed by atoms with Crippen molar-refractivity contribution in [2.75, 3.05) is 39.3 Å². The highest BCUT2D eigenvalue weighted by atomic mass is 16.6. The number of nitrogens with zero attached hydrogens (tertiary/aromatic N) is 2. The van der Waals surface area contributed by atoms with Crippen molar-refractivity contribution in [3.63, 3.8) is 0 Å². The Kier molecular flexibility index (Phi) is 14.8. The molecule has 0 aromatic carbocycles. The molecule has 1 heterocycles. The predicted octanol–water partition coefficient (Wildman–Crippen LogP) is 0.742. The molecular weight excluding hydrogens is 442 g/mol. The highest BCUT2D eigenvalue weighted by molar-refractivity contribution is 5.88. The maximum Gasteiger partial charge on any atom is 0.348 e. The van der Waals surface area contributed by atoms with Gasteiger partial charge in [-0.2, -0.15) is 0 Å². The van der Waals surface area contributed by atoms with Crippen molar-refractivity contribution in [3.8, 4) is 0 Å². The first-order valence-electron chi connectivity index (χ1n) is 12.6. The Hall–Kier alpha value is -1.30. The van der Waals surface area contributed by atoms with Gasteiger partial charge < -0.3 is 29.9 Å². The van der Waals surface area contributed by atoms with Crippen molar-refractivity contribution in [2.24, 2.45) is 0 Å². The van der Waals surface area contributed by atoms with Crippen molar-refractivity contribution < 1.29 is 34.7 Å². The Bertz CT molecular complexity index is 517. The zero-order valence-corrected chi connectivity index (χ0v) is 21.4. The Morgan fingerprint density at radius 1 is 0.706 bits per heavy atom. The number of cyclic esters (lactones) is 1. The lowest BCUT2D eigenvalue weighted by Crippen LogP contribution is -2.44. The second-order valence-electron chi connectivity index (χ2n) is 9.80. The fraction of sp³-hybridized carbons (Fsp3) is 0.917. The van der Waals surface area contributed by atoms with Crippen LogP contribution in [0.3, 0.4) is 0 Å². The van der Waals surface area contributed by atoms with Crippen LogP contribution in [0.5, 0.6) is 0 Å². The summed E-state index contributed by atoms with van der Waals surface area (Å²) in [5.74, 6) is -0.449. The number of ether oxygens (including phenoxy) is 2. The molecule has 1 aliphatic heterocycles. The number of carbonyl (C=O) groups is 1. The molecule has 1 saturated heterocycles. The van der Waals surface area contributed by atoms with Crippen LogP contribution in [0.25, 0.3) is 0 Å². The third-order valence-corrected chi connectivity index (χ3v) is 5.55. The van der Waals surface area contributed by atoms with E-state index in [1.165, 1.54) is 0 Å². The van der Waals surface area contributed by atoms with Crippen LogP contribution >= 0.6 is 0 Å². The molecular formula is C24H47N3O7. The number of carbonyl (C=O) groups excluding carboxylic acids is 1. The van der Waals surface area contributed by atoms with E-state index in [-0.39, 0.29) is 5.90 Å². The van der Waals surface area contributed by atoms with E-state index in [9.17, 15) is 25.2 Å². The average Bonchev–Trinajstić information content (AvgIpc) is 2.69. The van der Waals surface area contributed by atoms with Gasteiger partial charge in [0.1, 0.15) is 0 Å². The van der Waals surface area contributed by atoms with Crippen molar-refractivity contribution in [1.82, 2.24) is 9.80 Å². The predicted molar refractivity (Wildman–Crippen MR) is 130 cm³/mol. The molecule has 0 aromatic rings. The lowest BCUT2D eigenvalue weighted by atomic mass is 10.1. The summed E-state index contributed by atoms with van der Waals surface area (Å²) < 4.78 is 11.0. The minimum Gasteiger partial charge on any atom is -0.463 e. The van der Waals surface area contributed by atoms with E-state index >= 15 is 0 Å². The molecule has 0 saturated carbocycles. The fourth-order valence-electron chi connectivity index (χ4n) is 4.25.